The minimum Gasteiger partial charge on any atom is -0.488 e. The molecule has 0 spiro atoms. The van der Waals surface area contributed by atoms with Gasteiger partial charge in [0.05, 0.1) is 47.3 Å². The Kier molecular flexibility index (Phi) is 4.12. The summed E-state index contributed by atoms with van der Waals surface area (Å²) in [5.74, 6) is 0.834. The summed E-state index contributed by atoms with van der Waals surface area (Å²) in [7, 11) is 1.91. The highest BCUT2D eigenvalue weighted by Gasteiger charge is 2.25. The molecule has 1 saturated carbocycles. The first-order chi connectivity index (χ1) is 15.6. The molecular formula is C23H21N7O2. The number of benzene rings is 1. The molecule has 0 bridgehead atoms. The third-order valence-corrected chi connectivity index (χ3v) is 5.91. The standard InChI is InChI=1S/C23H21N7O2/c1-29-22(19-6-7-21(32-14-3-4-14)20-11-25-12-30(19)20)17(10-26-29)13-2-5-15-16(8-13)18(9-24)27-28-23(15)31/h2,5-8,10-12,14H,3-4,9,24H2,1H3,(H,28,31). The fourth-order valence-electron chi connectivity index (χ4n) is 4.14. The SMILES string of the molecule is Cn1ncc(-c2ccc3c(=O)[nH]nc(CN)c3c2)c1-c1ccc(OC2CC2)c2cncn12. The number of H-pyrrole nitrogens is 1. The molecule has 0 atom stereocenters. The second kappa shape index (κ2) is 7.03. The zero-order valence-corrected chi connectivity index (χ0v) is 17.4. The second-order valence-corrected chi connectivity index (χ2v) is 8.04. The summed E-state index contributed by atoms with van der Waals surface area (Å²) in [6, 6.07) is 9.72. The number of pyridine rings is 1. The highest BCUT2D eigenvalue weighted by atomic mass is 16.5. The fourth-order valence-corrected chi connectivity index (χ4v) is 4.14. The molecule has 1 aromatic carbocycles. The Morgan fingerprint density at radius 1 is 1.19 bits per heavy atom. The van der Waals surface area contributed by atoms with Crippen molar-refractivity contribution in [3.8, 4) is 28.3 Å². The number of hydrogen-bond acceptors (Lipinski definition) is 6. The van der Waals surface area contributed by atoms with Crippen molar-refractivity contribution in [3.63, 3.8) is 0 Å². The molecule has 6 rings (SSSR count). The number of aromatic amines is 1. The first kappa shape index (κ1) is 18.8. The zero-order valence-electron chi connectivity index (χ0n) is 17.4. The van der Waals surface area contributed by atoms with Crippen LogP contribution in [0.4, 0.5) is 0 Å². The van der Waals surface area contributed by atoms with E-state index in [2.05, 4.69) is 20.3 Å². The maximum absolute atomic E-state index is 12.2. The Bertz CT molecular complexity index is 1540. The molecule has 0 saturated heterocycles. The lowest BCUT2D eigenvalue weighted by Crippen LogP contribution is -2.13. The molecule has 4 heterocycles. The number of nitrogens with two attached hydrogens (primary N) is 1. The molecule has 9 nitrogen and oxygen atoms in total. The lowest BCUT2D eigenvalue weighted by Gasteiger charge is -2.13. The number of imidazole rings is 1. The van der Waals surface area contributed by atoms with E-state index in [0.717, 1.165) is 52.0 Å². The number of ether oxygens (including phenoxy) is 1. The van der Waals surface area contributed by atoms with Gasteiger partial charge in [-0.25, -0.2) is 10.1 Å². The van der Waals surface area contributed by atoms with E-state index in [1.165, 1.54) is 0 Å². The van der Waals surface area contributed by atoms with Crippen LogP contribution in [0.1, 0.15) is 18.5 Å². The molecule has 0 unspecified atom stereocenters. The molecule has 3 N–H and O–H groups in total. The monoisotopic (exact) mass is 427 g/mol. The Hall–Kier alpha value is -3.98. The van der Waals surface area contributed by atoms with Crippen molar-refractivity contribution in [1.82, 2.24) is 29.4 Å². The van der Waals surface area contributed by atoms with Gasteiger partial charge in [-0.2, -0.15) is 10.2 Å². The van der Waals surface area contributed by atoms with Gasteiger partial charge in [0.25, 0.3) is 5.56 Å². The molecule has 4 aromatic heterocycles. The van der Waals surface area contributed by atoms with Crippen LogP contribution in [-0.2, 0) is 13.6 Å². The summed E-state index contributed by atoms with van der Waals surface area (Å²) in [6.07, 6.45) is 7.93. The van der Waals surface area contributed by atoms with Crippen LogP contribution >= 0.6 is 0 Å². The molecule has 0 radical (unpaired) electrons. The average Bonchev–Trinajstić information content (AvgIpc) is 3.33. The quantitative estimate of drug-likeness (QED) is 0.445. The highest BCUT2D eigenvalue weighted by Crippen LogP contribution is 2.36. The van der Waals surface area contributed by atoms with Crippen LogP contribution in [0.5, 0.6) is 5.75 Å². The molecule has 160 valence electrons. The molecule has 1 aliphatic carbocycles. The molecule has 0 aliphatic heterocycles. The summed E-state index contributed by atoms with van der Waals surface area (Å²) in [5, 5.41) is 12.4. The third-order valence-electron chi connectivity index (χ3n) is 5.91. The fraction of sp³-hybridized carbons (Fsp3) is 0.217. The summed E-state index contributed by atoms with van der Waals surface area (Å²) >= 11 is 0. The summed E-state index contributed by atoms with van der Waals surface area (Å²) in [5.41, 5.74) is 10.9. The van der Waals surface area contributed by atoms with Crippen molar-refractivity contribution in [2.75, 3.05) is 0 Å². The van der Waals surface area contributed by atoms with Crippen molar-refractivity contribution >= 4 is 16.3 Å². The number of hydrogen-bond donors (Lipinski definition) is 2. The summed E-state index contributed by atoms with van der Waals surface area (Å²) in [4.78, 5) is 16.6. The van der Waals surface area contributed by atoms with Gasteiger partial charge in [-0.3, -0.25) is 13.9 Å². The molecule has 9 heteroatoms. The van der Waals surface area contributed by atoms with Gasteiger partial charge in [-0.15, -0.1) is 0 Å². The van der Waals surface area contributed by atoms with E-state index in [-0.39, 0.29) is 12.1 Å². The van der Waals surface area contributed by atoms with Crippen LogP contribution in [0.25, 0.3) is 38.8 Å². The van der Waals surface area contributed by atoms with Crippen LogP contribution in [0.3, 0.4) is 0 Å². The smallest absolute Gasteiger partial charge is 0.272 e. The molecule has 1 aliphatic rings. The van der Waals surface area contributed by atoms with Crippen LogP contribution in [0.15, 0.2) is 53.8 Å². The maximum atomic E-state index is 12.2. The van der Waals surface area contributed by atoms with E-state index in [0.29, 0.717) is 17.2 Å². The number of nitrogens with one attached hydrogen (secondary N) is 1. The number of aromatic nitrogens is 6. The molecule has 0 amide bonds. The number of nitrogens with zero attached hydrogens (tertiary/aromatic N) is 5. The molecule has 5 aromatic rings. The number of rotatable bonds is 5. The van der Waals surface area contributed by atoms with Crippen molar-refractivity contribution < 1.29 is 4.74 Å². The number of fused-ring (bicyclic) bond motifs is 2. The first-order valence-corrected chi connectivity index (χ1v) is 10.5. The second-order valence-electron chi connectivity index (χ2n) is 8.04. The van der Waals surface area contributed by atoms with E-state index in [1.54, 1.807) is 12.4 Å². The van der Waals surface area contributed by atoms with Gasteiger partial charge in [0.15, 0.2) is 0 Å². The van der Waals surface area contributed by atoms with Crippen molar-refractivity contribution in [1.29, 1.82) is 0 Å². The molecular weight excluding hydrogens is 406 g/mol. The topological polar surface area (TPSA) is 116 Å². The molecule has 32 heavy (non-hydrogen) atoms. The first-order valence-electron chi connectivity index (χ1n) is 10.5. The van der Waals surface area contributed by atoms with Gasteiger partial charge in [0, 0.05) is 24.5 Å². The Morgan fingerprint density at radius 3 is 2.88 bits per heavy atom. The van der Waals surface area contributed by atoms with Crippen LogP contribution in [-0.4, -0.2) is 35.5 Å². The largest absolute Gasteiger partial charge is 0.488 e. The average molecular weight is 427 g/mol. The van der Waals surface area contributed by atoms with Crippen LogP contribution in [0.2, 0.25) is 0 Å². The van der Waals surface area contributed by atoms with Crippen molar-refractivity contribution in [2.24, 2.45) is 12.8 Å². The predicted octanol–water partition coefficient (Wildman–Crippen LogP) is 2.64. The van der Waals surface area contributed by atoms with E-state index < -0.39 is 0 Å². The Morgan fingerprint density at radius 2 is 2.06 bits per heavy atom. The highest BCUT2D eigenvalue weighted by molar-refractivity contribution is 5.91. The van der Waals surface area contributed by atoms with Crippen LogP contribution < -0.4 is 16.0 Å². The Labute approximate surface area is 182 Å². The van der Waals surface area contributed by atoms with Crippen molar-refractivity contribution in [3.05, 3.63) is 65.1 Å². The minimum absolute atomic E-state index is 0.231. The van der Waals surface area contributed by atoms with E-state index >= 15 is 0 Å². The maximum Gasteiger partial charge on any atom is 0.272 e. The van der Waals surface area contributed by atoms with Gasteiger partial charge in [-0.05, 0) is 42.7 Å². The lowest BCUT2D eigenvalue weighted by molar-refractivity contribution is 0.306. The van der Waals surface area contributed by atoms with Gasteiger partial charge >= 0.3 is 0 Å². The predicted molar refractivity (Wildman–Crippen MR) is 120 cm³/mol. The Balaban J connectivity index is 1.54. The van der Waals surface area contributed by atoms with Gasteiger partial charge < -0.3 is 10.5 Å². The minimum atomic E-state index is -0.235. The summed E-state index contributed by atoms with van der Waals surface area (Å²) in [6.45, 7) is 0.231. The number of aryl methyl sites for hydroxylation is 1. The van der Waals surface area contributed by atoms with Gasteiger partial charge in [-0.1, -0.05) is 6.07 Å². The summed E-state index contributed by atoms with van der Waals surface area (Å²) < 4.78 is 9.93. The lowest BCUT2D eigenvalue weighted by atomic mass is 10.00. The zero-order chi connectivity index (χ0) is 21.8. The van der Waals surface area contributed by atoms with Gasteiger partial charge in [0.1, 0.15) is 11.3 Å². The third kappa shape index (κ3) is 2.89. The van der Waals surface area contributed by atoms with E-state index in [4.69, 9.17) is 10.5 Å². The van der Waals surface area contributed by atoms with Gasteiger partial charge in [0.2, 0.25) is 0 Å². The van der Waals surface area contributed by atoms with E-state index in [1.807, 2.05) is 52.8 Å². The van der Waals surface area contributed by atoms with Crippen molar-refractivity contribution in [2.45, 2.75) is 25.5 Å². The normalized spacial score (nSPS) is 13.8. The van der Waals surface area contributed by atoms with Crippen LogP contribution in [0, 0.1) is 0 Å². The molecule has 1 fully saturated rings. The van der Waals surface area contributed by atoms with E-state index in [9.17, 15) is 4.79 Å².